The third kappa shape index (κ3) is 3.18. The fraction of sp³-hybridized carbons (Fsp3) is 0.0769. The van der Waals surface area contributed by atoms with Crippen molar-refractivity contribution in [1.82, 2.24) is 0 Å². The monoisotopic (exact) mass is 263 g/mol. The fourth-order valence-electron chi connectivity index (χ4n) is 1.30. The standard InChI is InChI=1S/C13H14BrN/c1-3-5-10(4-2)13(15)11-6-8-12(14)9-7-11/h3-9,13H,1-2,15H2/b10-5+. The van der Waals surface area contributed by atoms with Crippen LogP contribution in [-0.2, 0) is 0 Å². The Kier molecular flexibility index (Phi) is 4.53. The predicted octanol–water partition coefficient (Wildman–Crippen LogP) is 3.75. The van der Waals surface area contributed by atoms with Gasteiger partial charge < -0.3 is 5.73 Å². The van der Waals surface area contributed by atoms with E-state index in [-0.39, 0.29) is 6.04 Å². The number of allylic oxidation sites excluding steroid dienone is 2. The van der Waals surface area contributed by atoms with E-state index >= 15 is 0 Å². The third-order valence-corrected chi connectivity index (χ3v) is 2.66. The number of hydrogen-bond acceptors (Lipinski definition) is 1. The zero-order valence-corrected chi connectivity index (χ0v) is 10.1. The summed E-state index contributed by atoms with van der Waals surface area (Å²) in [5.41, 5.74) is 8.11. The van der Waals surface area contributed by atoms with Crippen molar-refractivity contribution in [2.24, 2.45) is 5.73 Å². The predicted molar refractivity (Wildman–Crippen MR) is 69.5 cm³/mol. The Bertz CT molecular complexity index is 376. The molecule has 0 radical (unpaired) electrons. The number of nitrogens with two attached hydrogens (primary N) is 1. The van der Waals surface area contributed by atoms with E-state index < -0.39 is 0 Å². The van der Waals surface area contributed by atoms with E-state index in [4.69, 9.17) is 5.73 Å². The highest BCUT2D eigenvalue weighted by Crippen LogP contribution is 2.21. The molecule has 1 aromatic rings. The van der Waals surface area contributed by atoms with E-state index in [0.29, 0.717) is 0 Å². The molecule has 1 nitrogen and oxygen atoms in total. The molecule has 0 heterocycles. The van der Waals surface area contributed by atoms with E-state index in [2.05, 4.69) is 29.1 Å². The highest BCUT2D eigenvalue weighted by Gasteiger charge is 2.07. The van der Waals surface area contributed by atoms with Crippen molar-refractivity contribution >= 4 is 15.9 Å². The quantitative estimate of drug-likeness (QED) is 0.823. The van der Waals surface area contributed by atoms with Gasteiger partial charge in [0.1, 0.15) is 0 Å². The molecule has 2 N–H and O–H groups in total. The van der Waals surface area contributed by atoms with Crippen molar-refractivity contribution in [2.45, 2.75) is 6.04 Å². The Morgan fingerprint density at radius 2 is 1.87 bits per heavy atom. The second-order valence-corrected chi connectivity index (χ2v) is 4.05. The van der Waals surface area contributed by atoms with Gasteiger partial charge in [0.05, 0.1) is 6.04 Å². The lowest BCUT2D eigenvalue weighted by Crippen LogP contribution is -2.11. The van der Waals surface area contributed by atoms with E-state index in [9.17, 15) is 0 Å². The molecule has 1 rings (SSSR count). The first kappa shape index (κ1) is 12.0. The number of rotatable bonds is 4. The maximum Gasteiger partial charge on any atom is 0.0551 e. The third-order valence-electron chi connectivity index (χ3n) is 2.13. The largest absolute Gasteiger partial charge is 0.320 e. The number of benzene rings is 1. The Balaban J connectivity index is 2.97. The first-order valence-electron chi connectivity index (χ1n) is 4.65. The molecular weight excluding hydrogens is 250 g/mol. The van der Waals surface area contributed by atoms with Gasteiger partial charge in [-0.3, -0.25) is 0 Å². The lowest BCUT2D eigenvalue weighted by molar-refractivity contribution is 0.871. The lowest BCUT2D eigenvalue weighted by atomic mass is 9.99. The van der Waals surface area contributed by atoms with Gasteiger partial charge in [-0.25, -0.2) is 0 Å². The molecule has 0 fully saturated rings. The number of hydrogen-bond donors (Lipinski definition) is 1. The molecule has 1 aromatic carbocycles. The van der Waals surface area contributed by atoms with Crippen LogP contribution >= 0.6 is 15.9 Å². The molecule has 78 valence electrons. The van der Waals surface area contributed by atoms with Gasteiger partial charge >= 0.3 is 0 Å². The second kappa shape index (κ2) is 5.69. The second-order valence-electron chi connectivity index (χ2n) is 3.14. The minimum absolute atomic E-state index is 0.145. The zero-order chi connectivity index (χ0) is 11.3. The Hall–Kier alpha value is -1.12. The molecule has 15 heavy (non-hydrogen) atoms. The van der Waals surface area contributed by atoms with Crippen molar-refractivity contribution in [2.75, 3.05) is 0 Å². The highest BCUT2D eigenvalue weighted by molar-refractivity contribution is 9.10. The average Bonchev–Trinajstić information content (AvgIpc) is 2.26. The van der Waals surface area contributed by atoms with Crippen molar-refractivity contribution in [1.29, 1.82) is 0 Å². The summed E-state index contributed by atoms with van der Waals surface area (Å²) in [6.07, 6.45) is 5.35. The van der Waals surface area contributed by atoms with Crippen LogP contribution in [0.1, 0.15) is 11.6 Å². The fourth-order valence-corrected chi connectivity index (χ4v) is 1.56. The molecular formula is C13H14BrN. The zero-order valence-electron chi connectivity index (χ0n) is 8.49. The summed E-state index contributed by atoms with van der Waals surface area (Å²) in [5.74, 6) is 0. The van der Waals surface area contributed by atoms with Crippen molar-refractivity contribution in [3.8, 4) is 0 Å². The molecule has 0 saturated carbocycles. The van der Waals surface area contributed by atoms with Crippen LogP contribution in [0.4, 0.5) is 0 Å². The maximum absolute atomic E-state index is 6.08. The minimum Gasteiger partial charge on any atom is -0.320 e. The SMILES string of the molecule is C=C/C=C(\C=C)C(N)c1ccc(Br)cc1. The van der Waals surface area contributed by atoms with Gasteiger partial charge in [-0.2, -0.15) is 0 Å². The summed E-state index contributed by atoms with van der Waals surface area (Å²) in [4.78, 5) is 0. The minimum atomic E-state index is -0.145. The summed E-state index contributed by atoms with van der Waals surface area (Å²) in [6, 6.07) is 7.80. The van der Waals surface area contributed by atoms with Crippen LogP contribution in [0, 0.1) is 0 Å². The van der Waals surface area contributed by atoms with Crippen LogP contribution < -0.4 is 5.73 Å². The average molecular weight is 264 g/mol. The molecule has 0 amide bonds. The van der Waals surface area contributed by atoms with Crippen molar-refractivity contribution in [3.05, 3.63) is 71.3 Å². The van der Waals surface area contributed by atoms with Gasteiger partial charge in [0.25, 0.3) is 0 Å². The van der Waals surface area contributed by atoms with E-state index in [1.807, 2.05) is 30.3 Å². The summed E-state index contributed by atoms with van der Waals surface area (Å²) < 4.78 is 1.05. The number of halogens is 1. The molecule has 0 aliphatic rings. The van der Waals surface area contributed by atoms with Crippen LogP contribution in [0.25, 0.3) is 0 Å². The maximum atomic E-state index is 6.08. The lowest BCUT2D eigenvalue weighted by Gasteiger charge is -2.13. The van der Waals surface area contributed by atoms with Gasteiger partial charge in [-0.15, -0.1) is 0 Å². The van der Waals surface area contributed by atoms with Crippen LogP contribution in [0.5, 0.6) is 0 Å². The summed E-state index contributed by atoms with van der Waals surface area (Å²) >= 11 is 3.39. The van der Waals surface area contributed by atoms with Crippen LogP contribution in [-0.4, -0.2) is 0 Å². The highest BCUT2D eigenvalue weighted by atomic mass is 79.9. The van der Waals surface area contributed by atoms with Gasteiger partial charge in [-0.1, -0.05) is 59.4 Å². The molecule has 1 atom stereocenters. The molecule has 0 bridgehead atoms. The Labute approximate surface area is 99.1 Å². The molecule has 0 aliphatic heterocycles. The van der Waals surface area contributed by atoms with E-state index in [1.54, 1.807) is 12.2 Å². The summed E-state index contributed by atoms with van der Waals surface area (Å²) in [5, 5.41) is 0. The molecule has 2 heteroatoms. The van der Waals surface area contributed by atoms with E-state index in [1.165, 1.54) is 0 Å². The van der Waals surface area contributed by atoms with Crippen molar-refractivity contribution < 1.29 is 0 Å². The first-order valence-corrected chi connectivity index (χ1v) is 5.44. The molecule has 0 saturated heterocycles. The normalized spacial score (nSPS) is 13.3. The Morgan fingerprint density at radius 1 is 1.27 bits per heavy atom. The van der Waals surface area contributed by atoms with Crippen LogP contribution in [0.2, 0.25) is 0 Å². The smallest absolute Gasteiger partial charge is 0.0551 e. The van der Waals surface area contributed by atoms with Gasteiger partial charge in [0, 0.05) is 4.47 Å². The van der Waals surface area contributed by atoms with Gasteiger partial charge in [-0.05, 0) is 23.3 Å². The van der Waals surface area contributed by atoms with Gasteiger partial charge in [0.2, 0.25) is 0 Å². The summed E-state index contributed by atoms with van der Waals surface area (Å²) in [6.45, 7) is 7.39. The Morgan fingerprint density at radius 3 is 2.33 bits per heavy atom. The molecule has 0 aromatic heterocycles. The topological polar surface area (TPSA) is 26.0 Å². The first-order chi connectivity index (χ1) is 7.19. The molecule has 0 aliphatic carbocycles. The molecule has 0 spiro atoms. The van der Waals surface area contributed by atoms with Crippen LogP contribution in [0.15, 0.2) is 65.7 Å². The van der Waals surface area contributed by atoms with Gasteiger partial charge in [0.15, 0.2) is 0 Å². The van der Waals surface area contributed by atoms with Crippen LogP contribution in [0.3, 0.4) is 0 Å². The molecule has 1 unspecified atom stereocenters. The van der Waals surface area contributed by atoms with Crippen molar-refractivity contribution in [3.63, 3.8) is 0 Å². The van der Waals surface area contributed by atoms with E-state index in [0.717, 1.165) is 15.6 Å². The summed E-state index contributed by atoms with van der Waals surface area (Å²) in [7, 11) is 0.